The molecule has 1 aliphatic heterocycles. The summed E-state index contributed by atoms with van der Waals surface area (Å²) in [6, 6.07) is -0.289. The molecule has 4 nitrogen and oxygen atoms in total. The topological polar surface area (TPSA) is 58.2 Å². The number of amides is 2. The maximum absolute atomic E-state index is 10.9. The highest BCUT2D eigenvalue weighted by Crippen LogP contribution is 2.00. The number of hydrogen-bond donors (Lipinski definition) is 2. The molecule has 0 aromatic heterocycles. The minimum absolute atomic E-state index is 0.177. The van der Waals surface area contributed by atoms with E-state index in [4.69, 9.17) is 0 Å². The van der Waals surface area contributed by atoms with Crippen molar-refractivity contribution in [3.8, 4) is 0 Å². The molecule has 0 aromatic carbocycles. The minimum atomic E-state index is -0.289. The van der Waals surface area contributed by atoms with Crippen LogP contribution in [0.25, 0.3) is 0 Å². The smallest absolute Gasteiger partial charge is 0.244 e. The average Bonchev–Trinajstić information content (AvgIpc) is 2.26. The van der Waals surface area contributed by atoms with Crippen molar-refractivity contribution in [2.24, 2.45) is 0 Å². The van der Waals surface area contributed by atoms with Gasteiger partial charge in [-0.05, 0) is 13.0 Å². The lowest BCUT2D eigenvalue weighted by atomic mass is 10.2. The van der Waals surface area contributed by atoms with Crippen molar-refractivity contribution in [3.63, 3.8) is 0 Å². The maximum atomic E-state index is 10.9. The van der Waals surface area contributed by atoms with Gasteiger partial charge < -0.3 is 5.32 Å². The SMILES string of the molecule is CCCN[C@@H]1CC(=O)NC1=O. The van der Waals surface area contributed by atoms with Crippen LogP contribution < -0.4 is 10.6 Å². The van der Waals surface area contributed by atoms with Gasteiger partial charge >= 0.3 is 0 Å². The predicted octanol–water partition coefficient (Wildman–Crippen LogP) is -0.599. The minimum Gasteiger partial charge on any atom is -0.305 e. The molecule has 1 rings (SSSR count). The Bertz CT molecular complexity index is 179. The van der Waals surface area contributed by atoms with E-state index in [2.05, 4.69) is 10.6 Å². The lowest BCUT2D eigenvalue weighted by molar-refractivity contribution is -0.125. The molecular formula is C7H12N2O2. The summed E-state index contributed by atoms with van der Waals surface area (Å²) in [4.78, 5) is 21.6. The molecule has 62 valence electrons. The van der Waals surface area contributed by atoms with Gasteiger partial charge in [0.05, 0.1) is 12.5 Å². The summed E-state index contributed by atoms with van der Waals surface area (Å²) >= 11 is 0. The zero-order chi connectivity index (χ0) is 8.27. The molecule has 0 saturated carbocycles. The van der Waals surface area contributed by atoms with Crippen molar-refractivity contribution in [2.75, 3.05) is 6.54 Å². The Labute approximate surface area is 65.3 Å². The van der Waals surface area contributed by atoms with Gasteiger partial charge in [0, 0.05) is 0 Å². The molecular weight excluding hydrogens is 144 g/mol. The third-order valence-corrected chi connectivity index (χ3v) is 1.61. The number of hydrogen-bond acceptors (Lipinski definition) is 3. The third kappa shape index (κ3) is 2.01. The van der Waals surface area contributed by atoms with Gasteiger partial charge in [-0.2, -0.15) is 0 Å². The van der Waals surface area contributed by atoms with E-state index in [1.54, 1.807) is 0 Å². The predicted molar refractivity (Wildman–Crippen MR) is 39.8 cm³/mol. The molecule has 11 heavy (non-hydrogen) atoms. The van der Waals surface area contributed by atoms with Crippen LogP contribution in [0.2, 0.25) is 0 Å². The first-order valence-electron chi connectivity index (χ1n) is 3.81. The average molecular weight is 156 g/mol. The Kier molecular flexibility index (Phi) is 2.59. The van der Waals surface area contributed by atoms with E-state index in [1.807, 2.05) is 6.92 Å². The van der Waals surface area contributed by atoms with Crippen molar-refractivity contribution < 1.29 is 9.59 Å². The van der Waals surface area contributed by atoms with Crippen LogP contribution in [0.5, 0.6) is 0 Å². The molecule has 1 atom stereocenters. The zero-order valence-electron chi connectivity index (χ0n) is 6.52. The number of carbonyl (C=O) groups is 2. The molecule has 0 unspecified atom stereocenters. The fourth-order valence-electron chi connectivity index (χ4n) is 1.04. The Morgan fingerprint density at radius 3 is 2.82 bits per heavy atom. The summed E-state index contributed by atoms with van der Waals surface area (Å²) in [7, 11) is 0. The van der Waals surface area contributed by atoms with E-state index in [0.717, 1.165) is 13.0 Å². The summed E-state index contributed by atoms with van der Waals surface area (Å²) in [6.07, 6.45) is 1.26. The first kappa shape index (κ1) is 8.20. The van der Waals surface area contributed by atoms with E-state index in [9.17, 15) is 9.59 Å². The molecule has 2 N–H and O–H groups in total. The Morgan fingerprint density at radius 2 is 2.36 bits per heavy atom. The van der Waals surface area contributed by atoms with Crippen molar-refractivity contribution in [2.45, 2.75) is 25.8 Å². The van der Waals surface area contributed by atoms with Crippen LogP contribution in [0.3, 0.4) is 0 Å². The third-order valence-electron chi connectivity index (χ3n) is 1.61. The van der Waals surface area contributed by atoms with Crippen LogP contribution >= 0.6 is 0 Å². The lowest BCUT2D eigenvalue weighted by Gasteiger charge is -2.05. The molecule has 1 heterocycles. The molecule has 0 aliphatic carbocycles. The summed E-state index contributed by atoms with van der Waals surface area (Å²) in [5.41, 5.74) is 0. The zero-order valence-corrected chi connectivity index (χ0v) is 6.52. The Morgan fingerprint density at radius 1 is 1.64 bits per heavy atom. The second-order valence-electron chi connectivity index (χ2n) is 2.62. The summed E-state index contributed by atoms with van der Waals surface area (Å²) in [6.45, 7) is 2.80. The van der Waals surface area contributed by atoms with Gasteiger partial charge in [-0.15, -0.1) is 0 Å². The summed E-state index contributed by atoms with van der Waals surface area (Å²) in [5, 5.41) is 5.21. The van der Waals surface area contributed by atoms with Gasteiger partial charge in [0.1, 0.15) is 0 Å². The summed E-state index contributed by atoms with van der Waals surface area (Å²) < 4.78 is 0. The van der Waals surface area contributed by atoms with E-state index >= 15 is 0 Å². The fraction of sp³-hybridized carbons (Fsp3) is 0.714. The first-order valence-corrected chi connectivity index (χ1v) is 3.81. The number of imide groups is 1. The van der Waals surface area contributed by atoms with Crippen LogP contribution in [-0.2, 0) is 9.59 Å². The van der Waals surface area contributed by atoms with Crippen LogP contribution in [-0.4, -0.2) is 24.4 Å². The molecule has 0 bridgehead atoms. The van der Waals surface area contributed by atoms with Gasteiger partial charge in [0.25, 0.3) is 0 Å². The number of carbonyl (C=O) groups excluding carboxylic acids is 2. The van der Waals surface area contributed by atoms with Crippen LogP contribution in [0.1, 0.15) is 19.8 Å². The van der Waals surface area contributed by atoms with Gasteiger partial charge in [0.15, 0.2) is 0 Å². The van der Waals surface area contributed by atoms with E-state index in [1.165, 1.54) is 0 Å². The van der Waals surface area contributed by atoms with Gasteiger partial charge in [0.2, 0.25) is 11.8 Å². The highest BCUT2D eigenvalue weighted by Gasteiger charge is 2.29. The standard InChI is InChI=1S/C7H12N2O2/c1-2-3-8-5-4-6(10)9-7(5)11/h5,8H,2-4H2,1H3,(H,9,10,11)/t5-/m1/s1. The van der Waals surface area contributed by atoms with Gasteiger partial charge in [-0.1, -0.05) is 6.92 Å². The molecule has 4 heteroatoms. The maximum Gasteiger partial charge on any atom is 0.244 e. The van der Waals surface area contributed by atoms with Crippen molar-refractivity contribution >= 4 is 11.8 Å². The largest absolute Gasteiger partial charge is 0.305 e. The summed E-state index contributed by atoms with van der Waals surface area (Å²) in [5.74, 6) is -0.368. The quantitative estimate of drug-likeness (QED) is 0.536. The Balaban J connectivity index is 2.34. The van der Waals surface area contributed by atoms with E-state index in [0.29, 0.717) is 6.42 Å². The number of rotatable bonds is 3. The molecule has 1 aliphatic rings. The van der Waals surface area contributed by atoms with Crippen LogP contribution in [0.4, 0.5) is 0 Å². The van der Waals surface area contributed by atoms with Gasteiger partial charge in [-0.25, -0.2) is 0 Å². The highest BCUT2D eigenvalue weighted by atomic mass is 16.2. The van der Waals surface area contributed by atoms with Crippen LogP contribution in [0, 0.1) is 0 Å². The van der Waals surface area contributed by atoms with Gasteiger partial charge in [-0.3, -0.25) is 14.9 Å². The molecule has 0 aromatic rings. The Hall–Kier alpha value is -0.900. The van der Waals surface area contributed by atoms with E-state index < -0.39 is 0 Å². The second kappa shape index (κ2) is 3.48. The second-order valence-corrected chi connectivity index (χ2v) is 2.62. The molecule has 1 fully saturated rings. The highest BCUT2D eigenvalue weighted by molar-refractivity contribution is 6.05. The molecule has 0 spiro atoms. The van der Waals surface area contributed by atoms with Crippen molar-refractivity contribution in [3.05, 3.63) is 0 Å². The molecule has 1 saturated heterocycles. The number of nitrogens with one attached hydrogen (secondary N) is 2. The molecule has 0 radical (unpaired) electrons. The molecule has 2 amide bonds. The monoisotopic (exact) mass is 156 g/mol. The fourth-order valence-corrected chi connectivity index (χ4v) is 1.04. The van der Waals surface area contributed by atoms with Crippen molar-refractivity contribution in [1.29, 1.82) is 0 Å². The lowest BCUT2D eigenvalue weighted by Crippen LogP contribution is -2.36. The first-order chi connectivity index (χ1) is 5.24. The van der Waals surface area contributed by atoms with Crippen molar-refractivity contribution in [1.82, 2.24) is 10.6 Å². The van der Waals surface area contributed by atoms with E-state index in [-0.39, 0.29) is 17.9 Å². The van der Waals surface area contributed by atoms with Crippen LogP contribution in [0.15, 0.2) is 0 Å². The normalized spacial score (nSPS) is 23.9.